The normalized spacial score (nSPS) is 12.8. The Morgan fingerprint density at radius 2 is 1.78 bits per heavy atom. The summed E-state index contributed by atoms with van der Waals surface area (Å²) in [4.78, 5) is 16.2. The monoisotopic (exact) mass is 269 g/mol. The molecule has 0 unspecified atom stereocenters. The Labute approximate surface area is 113 Å². The number of nitrogens with zero attached hydrogens (tertiary/aromatic N) is 1. The van der Waals surface area contributed by atoms with Crippen LogP contribution < -0.4 is 0 Å². The zero-order valence-electron chi connectivity index (χ0n) is 12.1. The summed E-state index contributed by atoms with van der Waals surface area (Å²) in [6, 6.07) is 0. The lowest BCUT2D eigenvalue weighted by molar-refractivity contribution is 0.0699. The molecule has 0 spiro atoms. The van der Waals surface area contributed by atoms with Crippen LogP contribution in [-0.2, 0) is 11.8 Å². The molecule has 0 amide bonds. The fourth-order valence-corrected chi connectivity index (χ4v) is 2.72. The maximum atomic E-state index is 11.3. The maximum Gasteiger partial charge on any atom is 0.347 e. The zero-order valence-corrected chi connectivity index (χ0v) is 12.9. The molecule has 0 aliphatic heterocycles. The summed E-state index contributed by atoms with van der Waals surface area (Å²) in [6.07, 6.45) is 1.87. The smallest absolute Gasteiger partial charge is 0.347 e. The van der Waals surface area contributed by atoms with Crippen molar-refractivity contribution in [1.82, 2.24) is 4.98 Å². The summed E-state index contributed by atoms with van der Waals surface area (Å²) >= 11 is 1.32. The molecule has 0 atom stereocenters. The predicted octanol–water partition coefficient (Wildman–Crippen LogP) is 4.12. The van der Waals surface area contributed by atoms with E-state index in [4.69, 9.17) is 0 Å². The van der Waals surface area contributed by atoms with Gasteiger partial charge in [0.15, 0.2) is 0 Å². The van der Waals surface area contributed by atoms with E-state index in [0.29, 0.717) is 10.6 Å². The van der Waals surface area contributed by atoms with Crippen molar-refractivity contribution >= 4 is 17.3 Å². The fraction of sp³-hybridized carbons (Fsp3) is 0.714. The standard InChI is InChI=1S/C14H23NO2S/c1-13(2,3)8-7-9-15-11(14(4,5)6)10(18-9)12(16)17/h7-8H2,1-6H3,(H,16,17). The molecule has 0 aliphatic carbocycles. The lowest BCUT2D eigenvalue weighted by Gasteiger charge is -2.17. The van der Waals surface area contributed by atoms with Crippen LogP contribution in [0.5, 0.6) is 0 Å². The molecule has 0 aliphatic rings. The first-order valence-corrected chi connectivity index (χ1v) is 7.06. The third-order valence-corrected chi connectivity index (χ3v) is 3.77. The van der Waals surface area contributed by atoms with Crippen molar-refractivity contribution < 1.29 is 9.90 Å². The number of carboxylic acid groups (broad SMARTS) is 1. The molecule has 18 heavy (non-hydrogen) atoms. The third-order valence-electron chi connectivity index (χ3n) is 2.66. The zero-order chi connectivity index (χ0) is 14.1. The van der Waals surface area contributed by atoms with Gasteiger partial charge in [0.2, 0.25) is 0 Å². The Morgan fingerprint density at radius 3 is 2.11 bits per heavy atom. The number of hydrogen-bond acceptors (Lipinski definition) is 3. The van der Waals surface area contributed by atoms with Gasteiger partial charge in [0.1, 0.15) is 4.88 Å². The van der Waals surface area contributed by atoms with Gasteiger partial charge in [0.05, 0.1) is 10.7 Å². The van der Waals surface area contributed by atoms with Gasteiger partial charge >= 0.3 is 5.97 Å². The summed E-state index contributed by atoms with van der Waals surface area (Å²) in [5.74, 6) is -0.862. The Kier molecular flexibility index (Phi) is 4.21. The van der Waals surface area contributed by atoms with E-state index in [2.05, 4.69) is 25.8 Å². The van der Waals surface area contributed by atoms with E-state index in [1.165, 1.54) is 11.3 Å². The number of aryl methyl sites for hydroxylation is 1. The first-order chi connectivity index (χ1) is 8.00. The lowest BCUT2D eigenvalue weighted by Crippen LogP contribution is -2.16. The van der Waals surface area contributed by atoms with Crippen molar-refractivity contribution in [3.63, 3.8) is 0 Å². The number of carbonyl (C=O) groups is 1. The van der Waals surface area contributed by atoms with Crippen molar-refractivity contribution in [2.75, 3.05) is 0 Å². The van der Waals surface area contributed by atoms with E-state index in [9.17, 15) is 9.90 Å². The van der Waals surface area contributed by atoms with E-state index < -0.39 is 5.97 Å². The molecule has 0 saturated heterocycles. The molecule has 0 bridgehead atoms. The number of thiazole rings is 1. The van der Waals surface area contributed by atoms with Crippen LogP contribution in [0, 0.1) is 5.41 Å². The fourth-order valence-electron chi connectivity index (χ4n) is 1.61. The topological polar surface area (TPSA) is 50.2 Å². The number of aromatic nitrogens is 1. The van der Waals surface area contributed by atoms with Gasteiger partial charge in [-0.05, 0) is 18.3 Å². The number of carboxylic acids is 1. The number of rotatable bonds is 3. The van der Waals surface area contributed by atoms with E-state index in [1.807, 2.05) is 20.8 Å². The molecule has 1 aromatic rings. The molecule has 1 rings (SSSR count). The summed E-state index contributed by atoms with van der Waals surface area (Å²) in [6.45, 7) is 12.6. The van der Waals surface area contributed by atoms with Gasteiger partial charge in [-0.2, -0.15) is 0 Å². The summed E-state index contributed by atoms with van der Waals surface area (Å²) in [5.41, 5.74) is 0.741. The van der Waals surface area contributed by atoms with E-state index in [1.54, 1.807) is 0 Å². The molecule has 1 aromatic heterocycles. The molecule has 102 valence electrons. The van der Waals surface area contributed by atoms with Crippen LogP contribution in [0.4, 0.5) is 0 Å². The second-order valence-electron chi connectivity index (χ2n) is 6.90. The average Bonchev–Trinajstić information content (AvgIpc) is 2.56. The summed E-state index contributed by atoms with van der Waals surface area (Å²) in [7, 11) is 0. The predicted molar refractivity (Wildman–Crippen MR) is 75.5 cm³/mol. The van der Waals surface area contributed by atoms with Crippen molar-refractivity contribution in [3.05, 3.63) is 15.6 Å². The van der Waals surface area contributed by atoms with Crippen LogP contribution in [0.3, 0.4) is 0 Å². The largest absolute Gasteiger partial charge is 0.477 e. The van der Waals surface area contributed by atoms with Crippen LogP contribution >= 0.6 is 11.3 Å². The van der Waals surface area contributed by atoms with Gasteiger partial charge in [-0.25, -0.2) is 9.78 Å². The third kappa shape index (κ3) is 4.09. The minimum Gasteiger partial charge on any atom is -0.477 e. The number of hydrogen-bond donors (Lipinski definition) is 1. The van der Waals surface area contributed by atoms with Crippen LogP contribution in [0.15, 0.2) is 0 Å². The summed E-state index contributed by atoms with van der Waals surface area (Å²) in [5, 5.41) is 10.2. The van der Waals surface area contributed by atoms with E-state index in [-0.39, 0.29) is 10.8 Å². The second-order valence-corrected chi connectivity index (χ2v) is 7.98. The Morgan fingerprint density at radius 1 is 1.22 bits per heavy atom. The molecule has 1 heterocycles. The van der Waals surface area contributed by atoms with E-state index in [0.717, 1.165) is 17.8 Å². The molecule has 4 heteroatoms. The molecule has 0 aromatic carbocycles. The lowest BCUT2D eigenvalue weighted by atomic mass is 9.90. The highest BCUT2D eigenvalue weighted by Crippen LogP contribution is 2.31. The van der Waals surface area contributed by atoms with Crippen LogP contribution in [0.2, 0.25) is 0 Å². The molecular weight excluding hydrogens is 246 g/mol. The summed E-state index contributed by atoms with van der Waals surface area (Å²) < 4.78 is 0. The first-order valence-electron chi connectivity index (χ1n) is 6.24. The van der Waals surface area contributed by atoms with E-state index >= 15 is 0 Å². The molecule has 0 radical (unpaired) electrons. The quantitative estimate of drug-likeness (QED) is 0.898. The second kappa shape index (κ2) is 5.00. The van der Waals surface area contributed by atoms with Crippen LogP contribution in [0.1, 0.15) is 68.3 Å². The van der Waals surface area contributed by atoms with Crippen LogP contribution in [0.25, 0.3) is 0 Å². The minimum atomic E-state index is -0.862. The molecule has 1 N–H and O–H groups in total. The molecular formula is C14H23NO2S. The van der Waals surface area contributed by atoms with Crippen molar-refractivity contribution in [1.29, 1.82) is 0 Å². The first kappa shape index (κ1) is 15.2. The molecule has 0 fully saturated rings. The Balaban J connectivity index is 3.00. The van der Waals surface area contributed by atoms with Gasteiger partial charge < -0.3 is 5.11 Å². The van der Waals surface area contributed by atoms with Gasteiger partial charge in [-0.3, -0.25) is 0 Å². The molecule has 0 saturated carbocycles. The van der Waals surface area contributed by atoms with Crippen molar-refractivity contribution in [3.8, 4) is 0 Å². The average molecular weight is 269 g/mol. The van der Waals surface area contributed by atoms with Gasteiger partial charge in [-0.15, -0.1) is 11.3 Å². The maximum absolute atomic E-state index is 11.3. The van der Waals surface area contributed by atoms with Crippen LogP contribution in [-0.4, -0.2) is 16.1 Å². The SMILES string of the molecule is CC(C)(C)CCc1nc(C(C)(C)C)c(C(=O)O)s1. The molecule has 3 nitrogen and oxygen atoms in total. The highest BCUT2D eigenvalue weighted by molar-refractivity contribution is 7.13. The van der Waals surface area contributed by atoms with Crippen molar-refractivity contribution in [2.24, 2.45) is 5.41 Å². The Bertz CT molecular complexity index is 436. The number of aromatic carboxylic acids is 1. The highest BCUT2D eigenvalue weighted by Gasteiger charge is 2.27. The Hall–Kier alpha value is -0.900. The highest BCUT2D eigenvalue weighted by atomic mass is 32.1. The van der Waals surface area contributed by atoms with Gasteiger partial charge in [-0.1, -0.05) is 41.5 Å². The van der Waals surface area contributed by atoms with Gasteiger partial charge in [0, 0.05) is 5.41 Å². The van der Waals surface area contributed by atoms with Crippen molar-refractivity contribution in [2.45, 2.75) is 59.8 Å². The van der Waals surface area contributed by atoms with Gasteiger partial charge in [0.25, 0.3) is 0 Å². The minimum absolute atomic E-state index is 0.218.